The molecule has 5 atom stereocenters. The second-order valence-electron chi connectivity index (χ2n) is 11.2. The quantitative estimate of drug-likeness (QED) is 0.655. The molecule has 7 nitrogen and oxygen atoms in total. The number of fused-ring (bicyclic) bond motifs is 4. The van der Waals surface area contributed by atoms with Crippen LogP contribution in [0.2, 0.25) is 0 Å². The number of anilines is 2. The van der Waals surface area contributed by atoms with E-state index in [-0.39, 0.29) is 0 Å². The van der Waals surface area contributed by atoms with E-state index in [1.54, 1.807) is 0 Å². The average Bonchev–Trinajstić information content (AvgIpc) is 3.26. The Morgan fingerprint density at radius 3 is 2.09 bits per heavy atom. The third kappa shape index (κ3) is 4.07. The summed E-state index contributed by atoms with van der Waals surface area (Å²) in [5, 5.41) is 0. The molecule has 4 bridgehead atoms. The van der Waals surface area contributed by atoms with E-state index in [0.29, 0.717) is 36.3 Å². The summed E-state index contributed by atoms with van der Waals surface area (Å²) < 4.78 is 0. The first-order chi connectivity index (χ1) is 16.6. The Balaban J connectivity index is 1.12. The molecule has 0 aliphatic carbocycles. The van der Waals surface area contributed by atoms with Crippen LogP contribution in [0.15, 0.2) is 36.8 Å². The van der Waals surface area contributed by atoms with Gasteiger partial charge in [-0.05, 0) is 64.7 Å². The third-order valence-electron chi connectivity index (χ3n) is 8.75. The van der Waals surface area contributed by atoms with E-state index in [2.05, 4.69) is 63.6 Å². The Morgan fingerprint density at radius 1 is 0.824 bits per heavy atom. The molecule has 0 N–H and O–H groups in total. The Hall–Kier alpha value is -2.25. The molecule has 6 rings (SSSR count). The lowest BCUT2D eigenvalue weighted by Crippen LogP contribution is -2.56. The minimum absolute atomic E-state index is 0.483. The summed E-state index contributed by atoms with van der Waals surface area (Å²) in [5.74, 6) is 0.960. The van der Waals surface area contributed by atoms with Crippen molar-refractivity contribution in [2.75, 3.05) is 36.0 Å². The fourth-order valence-corrected chi connectivity index (χ4v) is 6.96. The second kappa shape index (κ2) is 9.08. The maximum atomic E-state index is 5.11. The number of nitrogens with zero attached hydrogens (tertiary/aromatic N) is 7. The molecular formula is C27H39N7. The van der Waals surface area contributed by atoms with Gasteiger partial charge < -0.3 is 9.80 Å². The summed E-state index contributed by atoms with van der Waals surface area (Å²) in [4.78, 5) is 24.7. The molecule has 4 aliphatic rings. The molecule has 0 radical (unpaired) electrons. The van der Waals surface area contributed by atoms with Gasteiger partial charge in [0.25, 0.3) is 0 Å². The van der Waals surface area contributed by atoms with E-state index in [1.165, 1.54) is 37.1 Å². The maximum absolute atomic E-state index is 5.11. The van der Waals surface area contributed by atoms with Crippen molar-refractivity contribution in [3.63, 3.8) is 0 Å². The fraction of sp³-hybridized carbons (Fsp3) is 0.667. The molecule has 7 heteroatoms. The number of hydrogen-bond donors (Lipinski definition) is 0. The monoisotopic (exact) mass is 461 g/mol. The van der Waals surface area contributed by atoms with Crippen LogP contribution < -0.4 is 9.80 Å². The molecule has 5 unspecified atom stereocenters. The van der Waals surface area contributed by atoms with Crippen molar-refractivity contribution in [3.8, 4) is 0 Å². The van der Waals surface area contributed by atoms with Crippen LogP contribution in [0, 0.1) is 0 Å². The number of pyridine rings is 1. The van der Waals surface area contributed by atoms with Gasteiger partial charge in [0.05, 0.1) is 11.9 Å². The number of piperazine rings is 2. The SMILES string of the molecule is CC(C)N1CC2CCC(C1)N2c1nccc(CC(C)N2CC3CCC(C2)N3c2cccnc2)n1. The van der Waals surface area contributed by atoms with Crippen LogP contribution in [-0.2, 0) is 6.42 Å². The van der Waals surface area contributed by atoms with Gasteiger partial charge in [-0.2, -0.15) is 0 Å². The van der Waals surface area contributed by atoms with Crippen molar-refractivity contribution in [1.29, 1.82) is 0 Å². The molecule has 34 heavy (non-hydrogen) atoms. The molecule has 182 valence electrons. The molecule has 0 amide bonds. The zero-order valence-electron chi connectivity index (χ0n) is 20.9. The zero-order valence-corrected chi connectivity index (χ0v) is 20.9. The number of hydrogen-bond acceptors (Lipinski definition) is 7. The predicted molar refractivity (Wildman–Crippen MR) is 136 cm³/mol. The topological polar surface area (TPSA) is 51.6 Å². The highest BCUT2D eigenvalue weighted by Crippen LogP contribution is 2.36. The van der Waals surface area contributed by atoms with E-state index < -0.39 is 0 Å². The minimum atomic E-state index is 0.483. The molecule has 0 spiro atoms. The lowest BCUT2D eigenvalue weighted by atomic mass is 10.1. The number of likely N-dealkylation sites (tertiary alicyclic amines) is 2. The van der Waals surface area contributed by atoms with Crippen molar-refractivity contribution in [3.05, 3.63) is 42.5 Å². The largest absolute Gasteiger partial charge is 0.362 e. The molecule has 4 saturated heterocycles. The van der Waals surface area contributed by atoms with Crippen LogP contribution in [0.5, 0.6) is 0 Å². The molecule has 6 heterocycles. The van der Waals surface area contributed by atoms with Crippen molar-refractivity contribution < 1.29 is 0 Å². The van der Waals surface area contributed by atoms with Crippen LogP contribution in [0.1, 0.15) is 52.1 Å². The van der Waals surface area contributed by atoms with Crippen molar-refractivity contribution in [2.45, 2.75) is 89.1 Å². The maximum Gasteiger partial charge on any atom is 0.226 e. The van der Waals surface area contributed by atoms with Gasteiger partial charge in [0.2, 0.25) is 5.95 Å². The van der Waals surface area contributed by atoms with Crippen LogP contribution >= 0.6 is 0 Å². The van der Waals surface area contributed by atoms with E-state index in [0.717, 1.165) is 38.5 Å². The zero-order chi connectivity index (χ0) is 23.2. The molecule has 2 aromatic heterocycles. The highest BCUT2D eigenvalue weighted by atomic mass is 15.4. The van der Waals surface area contributed by atoms with E-state index >= 15 is 0 Å². The van der Waals surface area contributed by atoms with Gasteiger partial charge in [-0.15, -0.1) is 0 Å². The van der Waals surface area contributed by atoms with E-state index in [9.17, 15) is 0 Å². The lowest BCUT2D eigenvalue weighted by Gasteiger charge is -2.44. The molecule has 2 aromatic rings. The summed E-state index contributed by atoms with van der Waals surface area (Å²) in [6.45, 7) is 11.6. The van der Waals surface area contributed by atoms with Gasteiger partial charge in [-0.1, -0.05) is 0 Å². The first-order valence-corrected chi connectivity index (χ1v) is 13.3. The summed E-state index contributed by atoms with van der Waals surface area (Å²) in [7, 11) is 0. The Labute approximate surface area is 204 Å². The molecule has 4 aliphatic heterocycles. The van der Waals surface area contributed by atoms with Crippen LogP contribution in [-0.4, -0.2) is 87.2 Å². The van der Waals surface area contributed by atoms with Crippen LogP contribution in [0.3, 0.4) is 0 Å². The van der Waals surface area contributed by atoms with Gasteiger partial charge >= 0.3 is 0 Å². The summed E-state index contributed by atoms with van der Waals surface area (Å²) in [5.41, 5.74) is 2.47. The number of rotatable bonds is 6. The third-order valence-corrected chi connectivity index (χ3v) is 8.75. The van der Waals surface area contributed by atoms with E-state index in [4.69, 9.17) is 9.97 Å². The Morgan fingerprint density at radius 2 is 1.47 bits per heavy atom. The summed E-state index contributed by atoms with van der Waals surface area (Å²) in [6.07, 6.45) is 12.0. The summed E-state index contributed by atoms with van der Waals surface area (Å²) in [6, 6.07) is 9.82. The standard InChI is InChI=1S/C27H39N7/c1-19(2)31-15-25-8-9-26(16-31)34(25)27-29-12-10-21(30-27)13-20(3)32-17-23-6-7-24(18-32)33(23)22-5-4-11-28-14-22/h4-5,10-12,14,19-20,23-26H,6-9,13,15-18H2,1-3H3. The predicted octanol–water partition coefficient (Wildman–Crippen LogP) is 3.22. The highest BCUT2D eigenvalue weighted by molar-refractivity contribution is 5.48. The normalized spacial score (nSPS) is 30.4. The first kappa shape index (κ1) is 22.2. The molecule has 0 aromatic carbocycles. The molecule has 4 fully saturated rings. The highest BCUT2D eigenvalue weighted by Gasteiger charge is 2.43. The van der Waals surface area contributed by atoms with Crippen LogP contribution in [0.4, 0.5) is 11.6 Å². The fourth-order valence-electron chi connectivity index (χ4n) is 6.96. The van der Waals surface area contributed by atoms with Gasteiger partial charge in [0.15, 0.2) is 0 Å². The Kier molecular flexibility index (Phi) is 5.94. The van der Waals surface area contributed by atoms with Gasteiger partial charge in [0, 0.05) is 86.9 Å². The first-order valence-electron chi connectivity index (χ1n) is 13.3. The number of aromatic nitrogens is 3. The summed E-state index contributed by atoms with van der Waals surface area (Å²) >= 11 is 0. The van der Waals surface area contributed by atoms with Crippen molar-refractivity contribution in [1.82, 2.24) is 24.8 Å². The lowest BCUT2D eigenvalue weighted by molar-refractivity contribution is 0.165. The van der Waals surface area contributed by atoms with Gasteiger partial charge in [-0.25, -0.2) is 9.97 Å². The van der Waals surface area contributed by atoms with Crippen molar-refractivity contribution >= 4 is 11.6 Å². The smallest absolute Gasteiger partial charge is 0.226 e. The Bertz CT molecular complexity index is 954. The van der Waals surface area contributed by atoms with Gasteiger partial charge in [0.1, 0.15) is 0 Å². The average molecular weight is 462 g/mol. The second-order valence-corrected chi connectivity index (χ2v) is 11.2. The molecule has 0 saturated carbocycles. The van der Waals surface area contributed by atoms with Gasteiger partial charge in [-0.3, -0.25) is 14.8 Å². The van der Waals surface area contributed by atoms with E-state index in [1.807, 2.05) is 18.6 Å². The van der Waals surface area contributed by atoms with Crippen LogP contribution in [0.25, 0.3) is 0 Å². The van der Waals surface area contributed by atoms with Crippen molar-refractivity contribution in [2.24, 2.45) is 0 Å². The minimum Gasteiger partial charge on any atom is -0.362 e. The molecular weight excluding hydrogens is 422 g/mol.